The van der Waals surface area contributed by atoms with Crippen molar-refractivity contribution in [3.05, 3.63) is 52.7 Å². The summed E-state index contributed by atoms with van der Waals surface area (Å²) >= 11 is 0. The molecule has 0 saturated heterocycles. The number of aryl methyl sites for hydroxylation is 1. The zero-order valence-electron chi connectivity index (χ0n) is 11.2. The Morgan fingerprint density at radius 3 is 2.67 bits per heavy atom. The Hall–Kier alpha value is -2.35. The van der Waals surface area contributed by atoms with Crippen molar-refractivity contribution in [1.29, 1.82) is 0 Å². The molecule has 0 radical (unpaired) electrons. The Morgan fingerprint density at radius 2 is 2.00 bits per heavy atom. The maximum Gasteiger partial charge on any atom is 0.264 e. The molecule has 0 saturated carbocycles. The molecule has 0 aliphatic carbocycles. The molecule has 0 aliphatic rings. The van der Waals surface area contributed by atoms with Crippen molar-refractivity contribution in [2.45, 2.75) is 18.4 Å². The van der Waals surface area contributed by atoms with Gasteiger partial charge in [-0.3, -0.25) is 9.52 Å². The van der Waals surface area contributed by atoms with Gasteiger partial charge in [-0.05, 0) is 31.2 Å². The summed E-state index contributed by atoms with van der Waals surface area (Å²) in [6.07, 6.45) is 1.37. The van der Waals surface area contributed by atoms with Crippen molar-refractivity contribution < 1.29 is 12.8 Å². The summed E-state index contributed by atoms with van der Waals surface area (Å²) in [5.41, 5.74) is 5.46. The normalized spacial score (nSPS) is 11.3. The van der Waals surface area contributed by atoms with E-state index in [4.69, 9.17) is 5.73 Å². The molecule has 1 heterocycles. The highest BCUT2D eigenvalue weighted by atomic mass is 32.2. The first kappa shape index (κ1) is 15.0. The number of halogens is 1. The summed E-state index contributed by atoms with van der Waals surface area (Å²) < 4.78 is 41.2. The van der Waals surface area contributed by atoms with Gasteiger partial charge in [0.1, 0.15) is 10.7 Å². The molecule has 2 rings (SSSR count). The molecule has 2 aromatic rings. The minimum Gasteiger partial charge on any atom is -0.398 e. The van der Waals surface area contributed by atoms with E-state index in [2.05, 4.69) is 4.72 Å². The summed E-state index contributed by atoms with van der Waals surface area (Å²) in [6.45, 7) is 2.15. The second kappa shape index (κ2) is 5.57. The van der Waals surface area contributed by atoms with Crippen LogP contribution in [0.25, 0.3) is 0 Å². The molecule has 1 aromatic carbocycles. The Bertz CT molecular complexity index is 831. The molecule has 6 nitrogen and oxygen atoms in total. The van der Waals surface area contributed by atoms with Gasteiger partial charge in [0.2, 0.25) is 0 Å². The molecule has 112 valence electrons. The summed E-state index contributed by atoms with van der Waals surface area (Å²) in [5.74, 6) is -0.705. The maximum absolute atomic E-state index is 13.2. The van der Waals surface area contributed by atoms with Gasteiger partial charge >= 0.3 is 0 Å². The number of nitrogens with one attached hydrogen (secondary N) is 1. The Labute approximate surface area is 121 Å². The average molecular weight is 311 g/mol. The highest BCUT2D eigenvalue weighted by Gasteiger charge is 2.18. The highest BCUT2D eigenvalue weighted by molar-refractivity contribution is 7.92. The maximum atomic E-state index is 13.2. The topological polar surface area (TPSA) is 94.2 Å². The van der Waals surface area contributed by atoms with Crippen molar-refractivity contribution in [2.24, 2.45) is 0 Å². The van der Waals surface area contributed by atoms with Gasteiger partial charge in [0.05, 0.1) is 11.4 Å². The summed E-state index contributed by atoms with van der Waals surface area (Å²) in [5, 5.41) is 0. The summed E-state index contributed by atoms with van der Waals surface area (Å²) in [6, 6.07) is 5.67. The number of hydrogen-bond donors (Lipinski definition) is 2. The van der Waals surface area contributed by atoms with E-state index in [1.54, 1.807) is 6.92 Å². The molecule has 3 N–H and O–H groups in total. The molecular weight excluding hydrogens is 297 g/mol. The van der Waals surface area contributed by atoms with Crippen LogP contribution in [0.2, 0.25) is 0 Å². The minimum atomic E-state index is -4.03. The fourth-order valence-corrected chi connectivity index (χ4v) is 2.98. The first-order valence-corrected chi connectivity index (χ1v) is 7.60. The third kappa shape index (κ3) is 3.22. The number of benzene rings is 1. The number of hydrogen-bond acceptors (Lipinski definition) is 4. The van der Waals surface area contributed by atoms with Gasteiger partial charge in [-0.15, -0.1) is 0 Å². The molecule has 0 atom stereocenters. The molecular formula is C13H14FN3O3S. The van der Waals surface area contributed by atoms with Crippen LogP contribution in [0.15, 0.2) is 46.2 Å². The lowest BCUT2D eigenvalue weighted by atomic mass is 10.3. The van der Waals surface area contributed by atoms with Crippen LogP contribution in [0, 0.1) is 5.82 Å². The number of sulfonamides is 1. The largest absolute Gasteiger partial charge is 0.398 e. The number of nitrogen functional groups attached to an aromatic ring is 1. The average Bonchev–Trinajstić information content (AvgIpc) is 2.43. The van der Waals surface area contributed by atoms with Crippen LogP contribution in [0.4, 0.5) is 15.8 Å². The number of rotatable bonds is 4. The van der Waals surface area contributed by atoms with Gasteiger partial charge in [0.25, 0.3) is 15.6 Å². The molecule has 0 aliphatic heterocycles. The quantitative estimate of drug-likeness (QED) is 0.834. The lowest BCUT2D eigenvalue weighted by Gasteiger charge is -2.11. The number of nitrogens with two attached hydrogens (primary N) is 1. The third-order valence-corrected chi connectivity index (χ3v) is 4.28. The van der Waals surface area contributed by atoms with Gasteiger partial charge in [0.15, 0.2) is 0 Å². The highest BCUT2D eigenvalue weighted by Crippen LogP contribution is 2.22. The molecule has 0 unspecified atom stereocenters. The van der Waals surface area contributed by atoms with Gasteiger partial charge in [-0.25, -0.2) is 12.8 Å². The van der Waals surface area contributed by atoms with Crippen LogP contribution in [0.5, 0.6) is 0 Å². The zero-order chi connectivity index (χ0) is 15.6. The molecule has 8 heteroatoms. The van der Waals surface area contributed by atoms with Gasteiger partial charge in [0, 0.05) is 18.8 Å². The molecule has 0 fully saturated rings. The van der Waals surface area contributed by atoms with E-state index < -0.39 is 15.8 Å². The van der Waals surface area contributed by atoms with E-state index in [1.165, 1.54) is 29.0 Å². The number of nitrogens with zero attached hydrogens (tertiary/aromatic N) is 1. The van der Waals surface area contributed by atoms with Crippen molar-refractivity contribution in [3.63, 3.8) is 0 Å². The summed E-state index contributed by atoms with van der Waals surface area (Å²) in [7, 11) is -4.03. The minimum absolute atomic E-state index is 0.0623. The van der Waals surface area contributed by atoms with Crippen molar-refractivity contribution in [1.82, 2.24) is 4.57 Å². The first-order chi connectivity index (χ1) is 9.83. The van der Waals surface area contributed by atoms with Crippen LogP contribution >= 0.6 is 0 Å². The second-order valence-electron chi connectivity index (χ2n) is 4.33. The van der Waals surface area contributed by atoms with Gasteiger partial charge in [-0.2, -0.15) is 0 Å². The van der Waals surface area contributed by atoms with Gasteiger partial charge in [-0.1, -0.05) is 0 Å². The van der Waals surface area contributed by atoms with Crippen LogP contribution in [0.1, 0.15) is 6.92 Å². The first-order valence-electron chi connectivity index (χ1n) is 6.12. The molecule has 0 amide bonds. The van der Waals surface area contributed by atoms with E-state index in [1.807, 2.05) is 0 Å². The lowest BCUT2D eigenvalue weighted by Crippen LogP contribution is -2.20. The van der Waals surface area contributed by atoms with Crippen LogP contribution in [-0.2, 0) is 16.6 Å². The monoisotopic (exact) mass is 311 g/mol. The predicted molar refractivity (Wildman–Crippen MR) is 78.0 cm³/mol. The fraction of sp³-hybridized carbons (Fsp3) is 0.154. The standard InChI is InChI=1S/C13H14FN3O3S/c1-2-17-8-10(4-6-13(17)18)16-21(19,20)12-7-9(14)3-5-11(12)15/h3-8,16H,2,15H2,1H3. The van der Waals surface area contributed by atoms with Crippen molar-refractivity contribution in [3.8, 4) is 0 Å². The number of anilines is 2. The van der Waals surface area contributed by atoms with Crippen LogP contribution in [0.3, 0.4) is 0 Å². The second-order valence-corrected chi connectivity index (χ2v) is 5.98. The Morgan fingerprint density at radius 1 is 1.29 bits per heavy atom. The molecule has 0 bridgehead atoms. The van der Waals surface area contributed by atoms with Crippen molar-refractivity contribution in [2.75, 3.05) is 10.5 Å². The number of aromatic nitrogens is 1. The SMILES string of the molecule is CCn1cc(NS(=O)(=O)c2cc(F)ccc2N)ccc1=O. The smallest absolute Gasteiger partial charge is 0.264 e. The predicted octanol–water partition coefficient (Wildman–Crippen LogP) is 1.39. The third-order valence-electron chi connectivity index (χ3n) is 2.84. The van der Waals surface area contributed by atoms with Crippen LogP contribution in [-0.4, -0.2) is 13.0 Å². The number of pyridine rings is 1. The molecule has 0 spiro atoms. The molecule has 21 heavy (non-hydrogen) atoms. The fourth-order valence-electron chi connectivity index (χ4n) is 1.79. The zero-order valence-corrected chi connectivity index (χ0v) is 12.0. The molecule has 1 aromatic heterocycles. The Kier molecular flexibility index (Phi) is 3.99. The Balaban J connectivity index is 2.42. The van der Waals surface area contributed by atoms with Gasteiger partial charge < -0.3 is 10.3 Å². The van der Waals surface area contributed by atoms with Crippen molar-refractivity contribution >= 4 is 21.4 Å². The van der Waals surface area contributed by atoms with E-state index in [9.17, 15) is 17.6 Å². The van der Waals surface area contributed by atoms with Crippen LogP contribution < -0.4 is 16.0 Å². The summed E-state index contributed by atoms with van der Waals surface area (Å²) in [4.78, 5) is 11.1. The van der Waals surface area contributed by atoms with E-state index >= 15 is 0 Å². The van der Waals surface area contributed by atoms with E-state index in [0.29, 0.717) is 6.54 Å². The van der Waals surface area contributed by atoms with E-state index in [-0.39, 0.29) is 21.8 Å². The lowest BCUT2D eigenvalue weighted by molar-refractivity contribution is 0.596. The van der Waals surface area contributed by atoms with E-state index in [0.717, 1.165) is 12.1 Å².